The van der Waals surface area contributed by atoms with Crippen LogP contribution >= 0.6 is 11.6 Å². The Morgan fingerprint density at radius 3 is 2.69 bits per heavy atom. The number of aryl methyl sites for hydroxylation is 1. The number of nitrogens with zero attached hydrogens (tertiary/aromatic N) is 3. The molecule has 0 bridgehead atoms. The molecule has 0 unspecified atom stereocenters. The van der Waals surface area contributed by atoms with Crippen molar-refractivity contribution in [2.45, 2.75) is 6.18 Å². The Bertz CT molecular complexity index is 908. The van der Waals surface area contributed by atoms with E-state index in [1.54, 1.807) is 0 Å². The van der Waals surface area contributed by atoms with Crippen LogP contribution < -0.4 is 9.64 Å². The molecule has 1 aromatic heterocycles. The monoisotopic (exact) mass is 389 g/mol. The highest BCUT2D eigenvalue weighted by Gasteiger charge is 2.39. The lowest BCUT2D eigenvalue weighted by atomic mass is 10.1. The van der Waals surface area contributed by atoms with Gasteiger partial charge in [0.1, 0.15) is 17.3 Å². The molecule has 1 aliphatic heterocycles. The molecule has 3 rings (SSSR count). The van der Waals surface area contributed by atoms with Crippen LogP contribution in [-0.4, -0.2) is 28.8 Å². The van der Waals surface area contributed by atoms with Gasteiger partial charge >= 0.3 is 6.18 Å². The minimum absolute atomic E-state index is 0.0933. The Morgan fingerprint density at radius 1 is 1.42 bits per heavy atom. The average Bonchev–Trinajstić information content (AvgIpc) is 2.84. The fourth-order valence-electron chi connectivity index (χ4n) is 2.71. The average molecular weight is 390 g/mol. The van der Waals surface area contributed by atoms with Gasteiger partial charge in [-0.2, -0.15) is 18.3 Å². The summed E-state index contributed by atoms with van der Waals surface area (Å²) >= 11 is 5.83. The quantitative estimate of drug-likeness (QED) is 0.592. The Balaban J connectivity index is 2.19. The number of aromatic nitrogens is 2. The van der Waals surface area contributed by atoms with Crippen LogP contribution in [0, 0.1) is 5.82 Å². The van der Waals surface area contributed by atoms with Crippen molar-refractivity contribution >= 4 is 23.2 Å². The maximum absolute atomic E-state index is 14.5. The fraction of sp³-hybridized carbons (Fsp3) is 0.250. The topological polar surface area (TPSA) is 47.4 Å². The molecule has 0 aliphatic carbocycles. The van der Waals surface area contributed by atoms with Gasteiger partial charge in [-0.15, -0.1) is 6.58 Å². The second-order valence-electron chi connectivity index (χ2n) is 5.51. The zero-order valence-electron chi connectivity index (χ0n) is 13.4. The smallest absolute Gasteiger partial charge is 0.434 e. The van der Waals surface area contributed by atoms with Crippen LogP contribution in [0.4, 0.5) is 23.2 Å². The van der Waals surface area contributed by atoms with Crippen LogP contribution in [0.2, 0.25) is 5.02 Å². The molecule has 0 fully saturated rings. The summed E-state index contributed by atoms with van der Waals surface area (Å²) in [4.78, 5) is 13.3. The van der Waals surface area contributed by atoms with Crippen LogP contribution in [0.3, 0.4) is 0 Å². The first-order valence-corrected chi connectivity index (χ1v) is 7.70. The van der Waals surface area contributed by atoms with Crippen LogP contribution in [0.1, 0.15) is 5.69 Å². The molecule has 5 nitrogen and oxygen atoms in total. The third-order valence-corrected chi connectivity index (χ3v) is 4.17. The lowest BCUT2D eigenvalue weighted by Crippen LogP contribution is -2.38. The molecule has 10 heteroatoms. The number of carbonyl (C=O) groups is 1. The summed E-state index contributed by atoms with van der Waals surface area (Å²) in [6.45, 7) is 3.40. The van der Waals surface area contributed by atoms with E-state index in [0.717, 1.165) is 13.1 Å². The molecule has 1 aliphatic rings. The molecule has 0 saturated heterocycles. The molecule has 0 radical (unpaired) electrons. The molecule has 0 atom stereocenters. The summed E-state index contributed by atoms with van der Waals surface area (Å²) in [5.41, 5.74) is -1.64. The minimum atomic E-state index is -4.75. The molecule has 1 amide bonds. The number of fused-ring (bicyclic) bond motifs is 1. The van der Waals surface area contributed by atoms with Gasteiger partial charge in [-0.3, -0.25) is 9.48 Å². The van der Waals surface area contributed by atoms with E-state index in [9.17, 15) is 22.4 Å². The van der Waals surface area contributed by atoms with Crippen LogP contribution in [-0.2, 0) is 18.0 Å². The first-order chi connectivity index (χ1) is 12.1. The van der Waals surface area contributed by atoms with Crippen molar-refractivity contribution < 1.29 is 27.1 Å². The number of halogens is 5. The van der Waals surface area contributed by atoms with E-state index in [1.807, 2.05) is 0 Å². The van der Waals surface area contributed by atoms with E-state index < -0.39 is 28.6 Å². The molecular weight excluding hydrogens is 378 g/mol. The Labute approximate surface area is 150 Å². The zero-order chi connectivity index (χ0) is 19.2. The van der Waals surface area contributed by atoms with Crippen LogP contribution in [0.15, 0.2) is 24.8 Å². The highest BCUT2D eigenvalue weighted by molar-refractivity contribution is 6.33. The van der Waals surface area contributed by atoms with Gasteiger partial charge in [-0.25, -0.2) is 4.39 Å². The van der Waals surface area contributed by atoms with Gasteiger partial charge in [0.25, 0.3) is 5.91 Å². The number of rotatable bonds is 3. The summed E-state index contributed by atoms with van der Waals surface area (Å²) in [5.74, 6) is -1.17. The summed E-state index contributed by atoms with van der Waals surface area (Å²) in [7, 11) is 1.06. The van der Waals surface area contributed by atoms with Crippen molar-refractivity contribution in [1.82, 2.24) is 9.78 Å². The van der Waals surface area contributed by atoms with Crippen LogP contribution in [0.25, 0.3) is 11.3 Å². The van der Waals surface area contributed by atoms with E-state index in [2.05, 4.69) is 11.7 Å². The van der Waals surface area contributed by atoms with E-state index in [0.29, 0.717) is 4.68 Å². The molecule has 138 valence electrons. The number of benzene rings is 1. The third-order valence-electron chi connectivity index (χ3n) is 3.82. The maximum Gasteiger partial charge on any atom is 0.434 e. The third kappa shape index (κ3) is 2.92. The number of amides is 1. The van der Waals surface area contributed by atoms with Gasteiger partial charge < -0.3 is 9.64 Å². The van der Waals surface area contributed by atoms with Gasteiger partial charge in [-0.1, -0.05) is 17.7 Å². The highest BCUT2D eigenvalue weighted by Crippen LogP contribution is 2.43. The predicted molar refractivity (Wildman–Crippen MR) is 86.7 cm³/mol. The van der Waals surface area contributed by atoms with Crippen molar-refractivity contribution in [1.29, 1.82) is 0 Å². The number of carbonyl (C=O) groups excluding carboxylic acids is 1. The van der Waals surface area contributed by atoms with Crippen molar-refractivity contribution in [3.63, 3.8) is 0 Å². The molecule has 2 heterocycles. The van der Waals surface area contributed by atoms with Crippen LogP contribution in [0.5, 0.6) is 5.75 Å². The SMILES string of the molecule is C=CCN1C(=O)COc2cc(F)c(-c3nn(C)c(C(F)(F)F)c3Cl)cc21. The largest absolute Gasteiger partial charge is 0.481 e. The second kappa shape index (κ2) is 6.31. The van der Waals surface area contributed by atoms with Crippen molar-refractivity contribution in [3.8, 4) is 17.0 Å². The molecule has 0 N–H and O–H groups in total. The minimum Gasteiger partial charge on any atom is -0.481 e. The number of hydrogen-bond donors (Lipinski definition) is 0. The van der Waals surface area contributed by atoms with E-state index in [4.69, 9.17) is 16.3 Å². The van der Waals surface area contributed by atoms with Gasteiger partial charge in [0, 0.05) is 25.2 Å². The molecule has 2 aromatic rings. The van der Waals surface area contributed by atoms with E-state index >= 15 is 0 Å². The Morgan fingerprint density at radius 2 is 2.12 bits per heavy atom. The Kier molecular flexibility index (Phi) is 4.43. The molecule has 26 heavy (non-hydrogen) atoms. The van der Waals surface area contributed by atoms with Crippen molar-refractivity contribution in [3.05, 3.63) is 41.3 Å². The standard InChI is InChI=1S/C16H12ClF4N3O2/c1-3-4-24-10-5-8(9(18)6-11(10)26-7-12(24)25)14-13(17)15(16(19,20)21)23(2)22-14/h3,5-6H,1,4,7H2,2H3. The molecular formula is C16H12ClF4N3O2. The van der Waals surface area contributed by atoms with Gasteiger partial charge in [0.15, 0.2) is 12.3 Å². The maximum atomic E-state index is 14.5. The number of anilines is 1. The zero-order valence-corrected chi connectivity index (χ0v) is 14.2. The normalized spacial score (nSPS) is 14.2. The molecule has 1 aromatic carbocycles. The molecule has 0 spiro atoms. The van der Waals surface area contributed by atoms with Gasteiger partial charge in [0.05, 0.1) is 10.7 Å². The summed E-state index contributed by atoms with van der Waals surface area (Å²) in [6.07, 6.45) is -3.29. The summed E-state index contributed by atoms with van der Waals surface area (Å²) < 4.78 is 59.5. The van der Waals surface area contributed by atoms with Crippen molar-refractivity contribution in [2.24, 2.45) is 7.05 Å². The first kappa shape index (κ1) is 18.2. The van der Waals surface area contributed by atoms with Gasteiger partial charge in [-0.05, 0) is 6.07 Å². The predicted octanol–water partition coefficient (Wildman–Crippen LogP) is 3.81. The van der Waals surface area contributed by atoms with Gasteiger partial charge in [0.2, 0.25) is 0 Å². The van der Waals surface area contributed by atoms with Crippen molar-refractivity contribution in [2.75, 3.05) is 18.1 Å². The number of hydrogen-bond acceptors (Lipinski definition) is 3. The lowest BCUT2D eigenvalue weighted by Gasteiger charge is -2.29. The lowest BCUT2D eigenvalue weighted by molar-refractivity contribution is -0.143. The Hall–Kier alpha value is -2.55. The van der Waals surface area contributed by atoms with E-state index in [-0.39, 0.29) is 35.8 Å². The van der Waals surface area contributed by atoms with E-state index in [1.165, 1.54) is 17.0 Å². The summed E-state index contributed by atoms with van der Waals surface area (Å²) in [6, 6.07) is 2.19. The second-order valence-corrected chi connectivity index (χ2v) is 5.89. The first-order valence-electron chi connectivity index (χ1n) is 7.32. The highest BCUT2D eigenvalue weighted by atomic mass is 35.5. The number of ether oxygens (including phenoxy) is 1. The fourth-order valence-corrected chi connectivity index (χ4v) is 3.08. The molecule has 0 saturated carbocycles. The number of alkyl halides is 3. The summed E-state index contributed by atoms with van der Waals surface area (Å²) in [5, 5.41) is 2.98.